The SMILES string of the molecule is Cc1nccn1-c1ccc(C=Nc2cccc3ncccc23)cc1. The average molecular weight is 312 g/mol. The second-order valence-electron chi connectivity index (χ2n) is 5.54. The molecule has 0 aliphatic carbocycles. The Morgan fingerprint density at radius 2 is 1.79 bits per heavy atom. The number of fused-ring (bicyclic) bond motifs is 1. The Bertz CT molecular complexity index is 1010. The highest BCUT2D eigenvalue weighted by molar-refractivity contribution is 5.93. The fraction of sp³-hybridized carbons (Fsp3) is 0.0500. The van der Waals surface area contributed by atoms with E-state index in [0.717, 1.165) is 33.7 Å². The predicted octanol–water partition coefficient (Wildman–Crippen LogP) is 4.48. The second kappa shape index (κ2) is 6.08. The van der Waals surface area contributed by atoms with E-state index in [1.807, 2.05) is 49.7 Å². The summed E-state index contributed by atoms with van der Waals surface area (Å²) < 4.78 is 2.05. The largest absolute Gasteiger partial charge is 0.304 e. The summed E-state index contributed by atoms with van der Waals surface area (Å²) in [6, 6.07) is 18.2. The Labute approximate surface area is 140 Å². The highest BCUT2D eigenvalue weighted by atomic mass is 15.1. The normalized spacial score (nSPS) is 11.4. The molecule has 0 saturated heterocycles. The van der Waals surface area contributed by atoms with Crippen molar-refractivity contribution < 1.29 is 0 Å². The first kappa shape index (κ1) is 14.3. The van der Waals surface area contributed by atoms with Crippen LogP contribution in [-0.4, -0.2) is 20.7 Å². The van der Waals surface area contributed by atoms with Gasteiger partial charge in [-0.05, 0) is 48.9 Å². The number of benzene rings is 2. The third-order valence-electron chi connectivity index (χ3n) is 3.97. The molecule has 4 rings (SSSR count). The van der Waals surface area contributed by atoms with Gasteiger partial charge < -0.3 is 4.57 Å². The van der Waals surface area contributed by atoms with E-state index in [-0.39, 0.29) is 0 Å². The molecule has 0 bridgehead atoms. The molecule has 0 atom stereocenters. The zero-order chi connectivity index (χ0) is 16.4. The van der Waals surface area contributed by atoms with Crippen LogP contribution in [0.3, 0.4) is 0 Å². The van der Waals surface area contributed by atoms with Gasteiger partial charge in [-0.3, -0.25) is 9.98 Å². The van der Waals surface area contributed by atoms with Gasteiger partial charge in [0, 0.05) is 35.9 Å². The number of hydrogen-bond acceptors (Lipinski definition) is 3. The van der Waals surface area contributed by atoms with E-state index >= 15 is 0 Å². The van der Waals surface area contributed by atoms with E-state index in [0.29, 0.717) is 0 Å². The van der Waals surface area contributed by atoms with Gasteiger partial charge in [-0.15, -0.1) is 0 Å². The van der Waals surface area contributed by atoms with Crippen molar-refractivity contribution in [2.24, 2.45) is 4.99 Å². The predicted molar refractivity (Wildman–Crippen MR) is 97.3 cm³/mol. The molecule has 4 nitrogen and oxygen atoms in total. The summed E-state index contributed by atoms with van der Waals surface area (Å²) >= 11 is 0. The summed E-state index contributed by atoms with van der Waals surface area (Å²) in [5, 5.41) is 1.06. The molecule has 4 aromatic rings. The maximum absolute atomic E-state index is 4.63. The highest BCUT2D eigenvalue weighted by Gasteiger charge is 2.01. The molecule has 0 N–H and O–H groups in total. The molecular weight excluding hydrogens is 296 g/mol. The summed E-state index contributed by atoms with van der Waals surface area (Å²) in [6.45, 7) is 1.99. The van der Waals surface area contributed by atoms with Gasteiger partial charge in [-0.1, -0.05) is 18.2 Å². The number of pyridine rings is 1. The number of rotatable bonds is 3. The minimum Gasteiger partial charge on any atom is -0.304 e. The summed E-state index contributed by atoms with van der Waals surface area (Å²) in [7, 11) is 0. The zero-order valence-corrected chi connectivity index (χ0v) is 13.3. The summed E-state index contributed by atoms with van der Waals surface area (Å²) in [5.41, 5.74) is 4.03. The first-order valence-corrected chi connectivity index (χ1v) is 7.79. The summed E-state index contributed by atoms with van der Waals surface area (Å²) in [4.78, 5) is 13.2. The number of aliphatic imine (C=N–C) groups is 1. The molecule has 0 amide bonds. The summed E-state index contributed by atoms with van der Waals surface area (Å²) in [6.07, 6.45) is 7.44. The number of hydrogen-bond donors (Lipinski definition) is 0. The van der Waals surface area contributed by atoms with Crippen LogP contribution in [0.1, 0.15) is 11.4 Å². The lowest BCUT2D eigenvalue weighted by molar-refractivity contribution is 0.975. The first-order valence-electron chi connectivity index (χ1n) is 7.79. The lowest BCUT2D eigenvalue weighted by atomic mass is 10.2. The van der Waals surface area contributed by atoms with E-state index < -0.39 is 0 Å². The Hall–Kier alpha value is -3.27. The van der Waals surface area contributed by atoms with Crippen molar-refractivity contribution in [2.75, 3.05) is 0 Å². The van der Waals surface area contributed by atoms with Gasteiger partial charge in [-0.2, -0.15) is 0 Å². The van der Waals surface area contributed by atoms with Crippen LogP contribution in [0.25, 0.3) is 16.6 Å². The van der Waals surface area contributed by atoms with Crippen LogP contribution in [0.4, 0.5) is 5.69 Å². The molecule has 4 heteroatoms. The molecular formula is C20H16N4. The standard InChI is InChI=1S/C20H16N4/c1-15-21-12-13-24(15)17-9-7-16(8-10-17)14-23-20-6-2-5-19-18(20)4-3-11-22-19/h2-14H,1H3. The van der Waals surface area contributed by atoms with E-state index in [1.165, 1.54) is 0 Å². The Morgan fingerprint density at radius 1 is 0.917 bits per heavy atom. The average Bonchev–Trinajstić information content (AvgIpc) is 3.06. The topological polar surface area (TPSA) is 43.1 Å². The third-order valence-corrected chi connectivity index (χ3v) is 3.97. The van der Waals surface area contributed by atoms with Crippen molar-refractivity contribution in [1.29, 1.82) is 0 Å². The lowest BCUT2D eigenvalue weighted by Crippen LogP contribution is -1.95. The quantitative estimate of drug-likeness (QED) is 0.523. The zero-order valence-electron chi connectivity index (χ0n) is 13.3. The fourth-order valence-corrected chi connectivity index (χ4v) is 2.72. The molecule has 2 aromatic carbocycles. The molecule has 0 unspecified atom stereocenters. The lowest BCUT2D eigenvalue weighted by Gasteiger charge is -2.05. The minimum atomic E-state index is 0.926. The van der Waals surface area contributed by atoms with E-state index in [9.17, 15) is 0 Å². The molecule has 0 fully saturated rings. The van der Waals surface area contributed by atoms with Gasteiger partial charge in [0.2, 0.25) is 0 Å². The highest BCUT2D eigenvalue weighted by Crippen LogP contribution is 2.24. The minimum absolute atomic E-state index is 0.926. The molecule has 2 aromatic heterocycles. The van der Waals surface area contributed by atoms with Crippen LogP contribution in [0.5, 0.6) is 0 Å². The van der Waals surface area contributed by atoms with Gasteiger partial charge in [0.25, 0.3) is 0 Å². The third kappa shape index (κ3) is 2.70. The molecule has 0 spiro atoms. The van der Waals surface area contributed by atoms with Crippen LogP contribution >= 0.6 is 0 Å². The van der Waals surface area contributed by atoms with Crippen molar-refractivity contribution in [1.82, 2.24) is 14.5 Å². The van der Waals surface area contributed by atoms with Gasteiger partial charge in [0.15, 0.2) is 0 Å². The molecule has 116 valence electrons. The summed E-state index contributed by atoms with van der Waals surface area (Å²) in [5.74, 6) is 0.972. The molecule has 0 saturated carbocycles. The van der Waals surface area contributed by atoms with Crippen LogP contribution < -0.4 is 0 Å². The smallest absolute Gasteiger partial charge is 0.110 e. The molecule has 0 aliphatic rings. The molecule has 24 heavy (non-hydrogen) atoms. The van der Waals surface area contributed by atoms with E-state index in [2.05, 4.69) is 43.8 Å². The van der Waals surface area contributed by atoms with Crippen LogP contribution in [0.2, 0.25) is 0 Å². The van der Waals surface area contributed by atoms with Crippen molar-refractivity contribution >= 4 is 22.8 Å². The van der Waals surface area contributed by atoms with Gasteiger partial charge >= 0.3 is 0 Å². The number of aromatic nitrogens is 3. The molecule has 0 aliphatic heterocycles. The Kier molecular flexibility index (Phi) is 3.63. The van der Waals surface area contributed by atoms with Crippen molar-refractivity contribution in [3.63, 3.8) is 0 Å². The first-order chi connectivity index (χ1) is 11.8. The maximum atomic E-state index is 4.63. The van der Waals surface area contributed by atoms with Crippen molar-refractivity contribution in [3.05, 3.63) is 84.6 Å². The number of nitrogens with zero attached hydrogens (tertiary/aromatic N) is 4. The van der Waals surface area contributed by atoms with Gasteiger partial charge in [0.05, 0.1) is 11.2 Å². The van der Waals surface area contributed by atoms with E-state index in [4.69, 9.17) is 0 Å². The van der Waals surface area contributed by atoms with Crippen LogP contribution in [0.15, 0.2) is 78.2 Å². The number of imidazole rings is 1. The Morgan fingerprint density at radius 3 is 2.58 bits per heavy atom. The van der Waals surface area contributed by atoms with Crippen LogP contribution in [-0.2, 0) is 0 Å². The molecule has 0 radical (unpaired) electrons. The molecule has 2 heterocycles. The van der Waals surface area contributed by atoms with E-state index in [1.54, 1.807) is 12.4 Å². The van der Waals surface area contributed by atoms with Gasteiger partial charge in [-0.25, -0.2) is 4.98 Å². The number of aryl methyl sites for hydroxylation is 1. The second-order valence-corrected chi connectivity index (χ2v) is 5.54. The Balaban J connectivity index is 1.63. The maximum Gasteiger partial charge on any atom is 0.110 e. The fourth-order valence-electron chi connectivity index (χ4n) is 2.72. The van der Waals surface area contributed by atoms with Crippen molar-refractivity contribution in [2.45, 2.75) is 6.92 Å². The van der Waals surface area contributed by atoms with Crippen LogP contribution in [0, 0.1) is 6.92 Å². The van der Waals surface area contributed by atoms with Gasteiger partial charge in [0.1, 0.15) is 5.82 Å². The van der Waals surface area contributed by atoms with Crippen molar-refractivity contribution in [3.8, 4) is 5.69 Å². The monoisotopic (exact) mass is 312 g/mol.